The first-order valence-electron chi connectivity index (χ1n) is 5.15. The molecule has 0 saturated heterocycles. The van der Waals surface area contributed by atoms with Gasteiger partial charge in [-0.1, -0.05) is 0 Å². The van der Waals surface area contributed by atoms with Crippen LogP contribution < -0.4 is 16.0 Å². The van der Waals surface area contributed by atoms with E-state index in [9.17, 15) is 0 Å². The molecule has 96 valence electrons. The van der Waals surface area contributed by atoms with Gasteiger partial charge in [-0.2, -0.15) is 0 Å². The van der Waals surface area contributed by atoms with Crippen molar-refractivity contribution >= 4 is 21.7 Å². The molecule has 0 aromatic carbocycles. The Morgan fingerprint density at radius 3 is 2.76 bits per heavy atom. The molecular weight excluding hydrogens is 288 g/mol. The number of nitrogen functional groups attached to an aromatic ring is 1. The standard InChI is InChI=1S/C10H17BrN4O2/c1-10(2,16-3)4-5-17-9-7(11)8(15-12)13-6-14-9/h6H,4-5,12H2,1-3H3,(H,13,14,15). The molecule has 0 aliphatic rings. The Labute approximate surface area is 109 Å². The summed E-state index contributed by atoms with van der Waals surface area (Å²) < 4.78 is 11.4. The van der Waals surface area contributed by atoms with E-state index >= 15 is 0 Å². The molecule has 0 saturated carbocycles. The van der Waals surface area contributed by atoms with Crippen LogP contribution in [0.3, 0.4) is 0 Å². The SMILES string of the molecule is COC(C)(C)CCOc1ncnc(NN)c1Br. The fourth-order valence-electron chi connectivity index (χ4n) is 1.05. The van der Waals surface area contributed by atoms with Crippen molar-refractivity contribution in [2.24, 2.45) is 5.84 Å². The molecule has 0 amide bonds. The first-order chi connectivity index (χ1) is 8.00. The third kappa shape index (κ3) is 4.10. The van der Waals surface area contributed by atoms with Crippen molar-refractivity contribution in [3.63, 3.8) is 0 Å². The van der Waals surface area contributed by atoms with E-state index < -0.39 is 0 Å². The van der Waals surface area contributed by atoms with E-state index in [2.05, 4.69) is 31.3 Å². The van der Waals surface area contributed by atoms with E-state index in [0.717, 1.165) is 6.42 Å². The van der Waals surface area contributed by atoms with Crippen LogP contribution in [0.1, 0.15) is 20.3 Å². The van der Waals surface area contributed by atoms with Gasteiger partial charge in [0, 0.05) is 13.5 Å². The molecule has 1 aromatic rings. The Hall–Kier alpha value is -0.920. The topological polar surface area (TPSA) is 82.3 Å². The number of nitrogens with one attached hydrogen (secondary N) is 1. The Kier molecular flexibility index (Phi) is 5.10. The predicted molar refractivity (Wildman–Crippen MR) is 68.7 cm³/mol. The van der Waals surface area contributed by atoms with Crippen LogP contribution in [0.2, 0.25) is 0 Å². The summed E-state index contributed by atoms with van der Waals surface area (Å²) in [5.74, 6) is 6.24. The highest BCUT2D eigenvalue weighted by Gasteiger charge is 2.17. The second kappa shape index (κ2) is 6.13. The zero-order valence-electron chi connectivity index (χ0n) is 10.2. The average Bonchev–Trinajstić information content (AvgIpc) is 2.31. The van der Waals surface area contributed by atoms with Crippen LogP contribution in [-0.2, 0) is 4.74 Å². The first-order valence-corrected chi connectivity index (χ1v) is 5.94. The normalized spacial score (nSPS) is 11.4. The number of anilines is 1. The van der Waals surface area contributed by atoms with E-state index in [4.69, 9.17) is 15.3 Å². The molecule has 0 aliphatic carbocycles. The number of rotatable bonds is 6. The maximum atomic E-state index is 5.54. The molecule has 1 rings (SSSR count). The number of hydrazine groups is 1. The van der Waals surface area contributed by atoms with Gasteiger partial charge in [0.2, 0.25) is 5.88 Å². The van der Waals surface area contributed by atoms with Crippen molar-refractivity contribution < 1.29 is 9.47 Å². The molecule has 0 aliphatic heterocycles. The molecule has 0 bridgehead atoms. The first kappa shape index (κ1) is 14.1. The van der Waals surface area contributed by atoms with E-state index in [0.29, 0.717) is 22.8 Å². The van der Waals surface area contributed by atoms with Crippen LogP contribution in [0, 0.1) is 0 Å². The highest BCUT2D eigenvalue weighted by atomic mass is 79.9. The van der Waals surface area contributed by atoms with Gasteiger partial charge in [0.1, 0.15) is 10.8 Å². The Morgan fingerprint density at radius 1 is 1.47 bits per heavy atom. The summed E-state index contributed by atoms with van der Waals surface area (Å²) in [5.41, 5.74) is 2.24. The Morgan fingerprint density at radius 2 is 2.18 bits per heavy atom. The molecule has 0 radical (unpaired) electrons. The summed E-state index contributed by atoms with van der Waals surface area (Å²) >= 11 is 3.32. The van der Waals surface area contributed by atoms with Crippen LogP contribution in [0.4, 0.5) is 5.82 Å². The highest BCUT2D eigenvalue weighted by molar-refractivity contribution is 9.10. The summed E-state index contributed by atoms with van der Waals surface area (Å²) in [6.07, 6.45) is 2.14. The zero-order chi connectivity index (χ0) is 12.9. The molecule has 17 heavy (non-hydrogen) atoms. The van der Waals surface area contributed by atoms with Gasteiger partial charge in [0.25, 0.3) is 0 Å². The number of methoxy groups -OCH3 is 1. The molecule has 1 heterocycles. The second-order valence-electron chi connectivity index (χ2n) is 4.05. The van der Waals surface area contributed by atoms with Gasteiger partial charge >= 0.3 is 0 Å². The number of hydrogen-bond acceptors (Lipinski definition) is 6. The average molecular weight is 305 g/mol. The van der Waals surface area contributed by atoms with Crippen LogP contribution in [0.15, 0.2) is 10.8 Å². The lowest BCUT2D eigenvalue weighted by Crippen LogP contribution is -2.25. The minimum absolute atomic E-state index is 0.214. The number of nitrogens with two attached hydrogens (primary N) is 1. The van der Waals surface area contributed by atoms with E-state index in [1.165, 1.54) is 6.33 Å². The minimum Gasteiger partial charge on any atom is -0.477 e. The number of ether oxygens (including phenoxy) is 2. The van der Waals surface area contributed by atoms with Crippen molar-refractivity contribution in [1.82, 2.24) is 9.97 Å². The maximum Gasteiger partial charge on any atom is 0.233 e. The van der Waals surface area contributed by atoms with E-state index in [1.807, 2.05) is 13.8 Å². The molecule has 6 nitrogen and oxygen atoms in total. The van der Waals surface area contributed by atoms with Crippen molar-refractivity contribution in [3.05, 3.63) is 10.8 Å². The van der Waals surface area contributed by atoms with Gasteiger partial charge in [-0.3, -0.25) is 0 Å². The molecule has 7 heteroatoms. The summed E-state index contributed by atoms with van der Waals surface area (Å²) in [6.45, 7) is 4.50. The molecule has 1 aromatic heterocycles. The summed E-state index contributed by atoms with van der Waals surface area (Å²) in [7, 11) is 1.68. The number of nitrogens with zero attached hydrogens (tertiary/aromatic N) is 2. The summed E-state index contributed by atoms with van der Waals surface area (Å²) in [6, 6.07) is 0. The van der Waals surface area contributed by atoms with Crippen LogP contribution in [0.25, 0.3) is 0 Å². The fraction of sp³-hybridized carbons (Fsp3) is 0.600. The summed E-state index contributed by atoms with van der Waals surface area (Å²) in [4.78, 5) is 7.95. The van der Waals surface area contributed by atoms with Crippen molar-refractivity contribution in [2.75, 3.05) is 19.1 Å². The van der Waals surface area contributed by atoms with Gasteiger partial charge in [-0.25, -0.2) is 15.8 Å². The second-order valence-corrected chi connectivity index (χ2v) is 4.84. The predicted octanol–water partition coefficient (Wildman–Crippen LogP) is 1.72. The largest absolute Gasteiger partial charge is 0.477 e. The minimum atomic E-state index is -0.214. The van der Waals surface area contributed by atoms with E-state index in [-0.39, 0.29) is 5.60 Å². The number of hydrogen-bond donors (Lipinski definition) is 2. The van der Waals surface area contributed by atoms with Gasteiger partial charge in [-0.05, 0) is 29.8 Å². The monoisotopic (exact) mass is 304 g/mol. The van der Waals surface area contributed by atoms with Crippen LogP contribution in [0.5, 0.6) is 5.88 Å². The maximum absolute atomic E-state index is 5.54. The smallest absolute Gasteiger partial charge is 0.233 e. The fourth-order valence-corrected chi connectivity index (χ4v) is 1.48. The van der Waals surface area contributed by atoms with Gasteiger partial charge in [0.05, 0.1) is 12.2 Å². The van der Waals surface area contributed by atoms with Crippen molar-refractivity contribution in [3.8, 4) is 5.88 Å². The third-order valence-corrected chi connectivity index (χ3v) is 3.10. The lowest BCUT2D eigenvalue weighted by molar-refractivity contribution is 0.00501. The van der Waals surface area contributed by atoms with Crippen LogP contribution in [-0.4, -0.2) is 29.3 Å². The quantitative estimate of drug-likeness (QED) is 0.615. The highest BCUT2D eigenvalue weighted by Crippen LogP contribution is 2.28. The Bertz CT molecular complexity index is 373. The van der Waals surface area contributed by atoms with E-state index in [1.54, 1.807) is 7.11 Å². The lowest BCUT2D eigenvalue weighted by atomic mass is 10.1. The number of halogens is 1. The third-order valence-electron chi connectivity index (χ3n) is 2.39. The van der Waals surface area contributed by atoms with Crippen molar-refractivity contribution in [2.45, 2.75) is 25.9 Å². The van der Waals surface area contributed by atoms with Gasteiger partial charge < -0.3 is 14.9 Å². The molecule has 0 spiro atoms. The molecular formula is C10H17BrN4O2. The molecule has 0 fully saturated rings. The molecule has 0 unspecified atom stereocenters. The molecule has 3 N–H and O–H groups in total. The van der Waals surface area contributed by atoms with Gasteiger partial charge in [-0.15, -0.1) is 0 Å². The summed E-state index contributed by atoms with van der Waals surface area (Å²) in [5, 5.41) is 0. The van der Waals surface area contributed by atoms with Gasteiger partial charge in [0.15, 0.2) is 5.82 Å². The lowest BCUT2D eigenvalue weighted by Gasteiger charge is -2.22. The zero-order valence-corrected chi connectivity index (χ0v) is 11.7. The van der Waals surface area contributed by atoms with Crippen molar-refractivity contribution in [1.29, 1.82) is 0 Å². The number of aromatic nitrogens is 2. The van der Waals surface area contributed by atoms with Crippen LogP contribution >= 0.6 is 15.9 Å². The molecule has 0 atom stereocenters. The Balaban J connectivity index is 2.58.